The molecule has 0 amide bonds. The number of rotatable bonds is 6. The first-order valence-corrected chi connectivity index (χ1v) is 8.98. The van der Waals surface area contributed by atoms with E-state index in [2.05, 4.69) is 5.16 Å². The SMILES string of the molecule is OCC1C(c2c(Cl)cccc2Cl)=NOC1CCOC1CCCCO1. The smallest absolute Gasteiger partial charge is 0.157 e. The van der Waals surface area contributed by atoms with Gasteiger partial charge in [-0.1, -0.05) is 34.4 Å². The number of ether oxygens (including phenoxy) is 2. The fourth-order valence-corrected chi connectivity index (χ4v) is 3.62. The molecule has 24 heavy (non-hydrogen) atoms. The van der Waals surface area contributed by atoms with E-state index in [0.29, 0.717) is 34.3 Å². The van der Waals surface area contributed by atoms with Crippen molar-refractivity contribution < 1.29 is 19.4 Å². The van der Waals surface area contributed by atoms with Gasteiger partial charge in [-0.15, -0.1) is 0 Å². The average Bonchev–Trinajstić information content (AvgIpc) is 2.98. The molecule has 1 aromatic carbocycles. The lowest BCUT2D eigenvalue weighted by Crippen LogP contribution is -2.30. The van der Waals surface area contributed by atoms with Crippen molar-refractivity contribution >= 4 is 28.9 Å². The van der Waals surface area contributed by atoms with Crippen molar-refractivity contribution in [2.75, 3.05) is 19.8 Å². The molecular formula is C17H21Cl2NO4. The van der Waals surface area contributed by atoms with Gasteiger partial charge < -0.3 is 19.4 Å². The Morgan fingerprint density at radius 2 is 2.04 bits per heavy atom. The second kappa shape index (κ2) is 8.50. The molecule has 2 aliphatic heterocycles. The van der Waals surface area contributed by atoms with Crippen LogP contribution in [-0.2, 0) is 14.3 Å². The third-order valence-corrected chi connectivity index (χ3v) is 4.98. The van der Waals surface area contributed by atoms with Gasteiger partial charge in [0.2, 0.25) is 0 Å². The van der Waals surface area contributed by atoms with Crippen LogP contribution < -0.4 is 0 Å². The Morgan fingerprint density at radius 3 is 2.71 bits per heavy atom. The van der Waals surface area contributed by atoms with E-state index in [4.69, 9.17) is 37.5 Å². The fourth-order valence-electron chi connectivity index (χ4n) is 3.03. The maximum Gasteiger partial charge on any atom is 0.157 e. The van der Waals surface area contributed by atoms with Crippen LogP contribution in [0.5, 0.6) is 0 Å². The molecule has 132 valence electrons. The van der Waals surface area contributed by atoms with Gasteiger partial charge in [0.25, 0.3) is 0 Å². The van der Waals surface area contributed by atoms with Crippen LogP contribution in [0.3, 0.4) is 0 Å². The molecule has 3 unspecified atom stereocenters. The summed E-state index contributed by atoms with van der Waals surface area (Å²) in [7, 11) is 0. The van der Waals surface area contributed by atoms with E-state index >= 15 is 0 Å². The van der Waals surface area contributed by atoms with Crippen molar-refractivity contribution in [3.8, 4) is 0 Å². The van der Waals surface area contributed by atoms with E-state index in [0.717, 1.165) is 25.9 Å². The summed E-state index contributed by atoms with van der Waals surface area (Å²) in [6, 6.07) is 5.27. The van der Waals surface area contributed by atoms with Gasteiger partial charge in [-0.3, -0.25) is 0 Å². The van der Waals surface area contributed by atoms with Gasteiger partial charge in [0.05, 0.1) is 34.9 Å². The number of hydrogen-bond acceptors (Lipinski definition) is 5. The second-order valence-electron chi connectivity index (χ2n) is 5.96. The van der Waals surface area contributed by atoms with Gasteiger partial charge in [0.1, 0.15) is 6.10 Å². The molecule has 2 aliphatic rings. The van der Waals surface area contributed by atoms with Crippen molar-refractivity contribution in [1.29, 1.82) is 0 Å². The summed E-state index contributed by atoms with van der Waals surface area (Å²) in [4.78, 5) is 5.51. The maximum absolute atomic E-state index is 9.79. The highest BCUT2D eigenvalue weighted by Gasteiger charge is 2.36. The third kappa shape index (κ3) is 4.03. The summed E-state index contributed by atoms with van der Waals surface area (Å²) in [5, 5.41) is 14.9. The molecule has 0 radical (unpaired) electrons. The van der Waals surface area contributed by atoms with Crippen LogP contribution in [0.2, 0.25) is 10.0 Å². The number of hydrogen-bond donors (Lipinski definition) is 1. The summed E-state index contributed by atoms with van der Waals surface area (Å²) in [5.74, 6) is -0.279. The monoisotopic (exact) mass is 373 g/mol. The summed E-state index contributed by atoms with van der Waals surface area (Å²) < 4.78 is 11.3. The largest absolute Gasteiger partial charge is 0.396 e. The fraction of sp³-hybridized carbons (Fsp3) is 0.588. The zero-order valence-electron chi connectivity index (χ0n) is 13.3. The number of aliphatic hydroxyl groups excluding tert-OH is 1. The van der Waals surface area contributed by atoms with Crippen LogP contribution in [0.15, 0.2) is 23.4 Å². The average molecular weight is 374 g/mol. The number of nitrogens with zero attached hydrogens (tertiary/aromatic N) is 1. The van der Waals surface area contributed by atoms with Crippen molar-refractivity contribution in [3.05, 3.63) is 33.8 Å². The number of oxime groups is 1. The Kier molecular flexibility index (Phi) is 6.36. The van der Waals surface area contributed by atoms with Gasteiger partial charge in [-0.05, 0) is 31.4 Å². The Bertz CT molecular complexity index is 570. The molecule has 5 nitrogen and oxygen atoms in total. The minimum absolute atomic E-state index is 0.0923. The van der Waals surface area contributed by atoms with Gasteiger partial charge in [0.15, 0.2) is 6.29 Å². The van der Waals surface area contributed by atoms with E-state index in [-0.39, 0.29) is 24.9 Å². The van der Waals surface area contributed by atoms with Crippen LogP contribution in [-0.4, -0.2) is 43.0 Å². The molecule has 2 heterocycles. The number of halogens is 2. The minimum Gasteiger partial charge on any atom is -0.396 e. The minimum atomic E-state index is -0.279. The lowest BCUT2D eigenvalue weighted by Gasteiger charge is -2.24. The molecule has 0 bridgehead atoms. The highest BCUT2D eigenvalue weighted by molar-refractivity contribution is 6.40. The summed E-state index contributed by atoms with van der Waals surface area (Å²) in [6.07, 6.45) is 3.36. The van der Waals surface area contributed by atoms with Crippen molar-refractivity contribution in [1.82, 2.24) is 0 Å². The lowest BCUT2D eigenvalue weighted by atomic mass is 9.91. The normalized spacial score (nSPS) is 27.0. The van der Waals surface area contributed by atoms with Gasteiger partial charge >= 0.3 is 0 Å². The van der Waals surface area contributed by atoms with Crippen LogP contribution >= 0.6 is 23.2 Å². The molecule has 0 aromatic heterocycles. The quantitative estimate of drug-likeness (QED) is 0.826. The van der Waals surface area contributed by atoms with Crippen LogP contribution in [0.1, 0.15) is 31.2 Å². The van der Waals surface area contributed by atoms with Gasteiger partial charge in [0, 0.05) is 18.6 Å². The number of benzene rings is 1. The molecular weight excluding hydrogens is 353 g/mol. The third-order valence-electron chi connectivity index (χ3n) is 4.35. The second-order valence-corrected chi connectivity index (χ2v) is 6.78. The Morgan fingerprint density at radius 1 is 1.25 bits per heavy atom. The van der Waals surface area contributed by atoms with E-state index < -0.39 is 0 Å². The highest BCUT2D eigenvalue weighted by atomic mass is 35.5. The molecule has 0 aliphatic carbocycles. The van der Waals surface area contributed by atoms with Gasteiger partial charge in [-0.25, -0.2) is 0 Å². The first-order valence-electron chi connectivity index (χ1n) is 8.23. The van der Waals surface area contributed by atoms with Gasteiger partial charge in [-0.2, -0.15) is 0 Å². The molecule has 1 N–H and O–H groups in total. The molecule has 0 saturated carbocycles. The molecule has 3 atom stereocenters. The molecule has 0 spiro atoms. The van der Waals surface area contributed by atoms with E-state index in [1.54, 1.807) is 18.2 Å². The van der Waals surface area contributed by atoms with E-state index in [9.17, 15) is 5.11 Å². The standard InChI is InChI=1S/C17H21Cl2NO4/c18-12-4-3-5-13(19)16(12)17-11(10-21)14(24-20-17)7-9-23-15-6-1-2-8-22-15/h3-5,11,14-15,21H,1-2,6-10H2. The Labute approximate surface area is 151 Å². The Hall–Kier alpha value is -0.850. The van der Waals surface area contributed by atoms with Crippen LogP contribution in [0.4, 0.5) is 0 Å². The maximum atomic E-state index is 9.79. The van der Waals surface area contributed by atoms with Crippen LogP contribution in [0.25, 0.3) is 0 Å². The lowest BCUT2D eigenvalue weighted by molar-refractivity contribution is -0.166. The first kappa shape index (κ1) is 18.0. The summed E-state index contributed by atoms with van der Waals surface area (Å²) in [6.45, 7) is 1.15. The van der Waals surface area contributed by atoms with Crippen LogP contribution in [0, 0.1) is 5.92 Å². The van der Waals surface area contributed by atoms with E-state index in [1.807, 2.05) is 0 Å². The summed E-state index contributed by atoms with van der Waals surface area (Å²) in [5.41, 5.74) is 1.21. The zero-order valence-corrected chi connectivity index (χ0v) is 14.8. The van der Waals surface area contributed by atoms with E-state index in [1.165, 1.54) is 0 Å². The van der Waals surface area contributed by atoms with Crippen molar-refractivity contribution in [2.45, 2.75) is 38.1 Å². The molecule has 1 aromatic rings. The van der Waals surface area contributed by atoms with Crippen molar-refractivity contribution in [3.63, 3.8) is 0 Å². The Balaban J connectivity index is 1.59. The predicted molar refractivity (Wildman–Crippen MR) is 92.6 cm³/mol. The predicted octanol–water partition coefficient (Wildman–Crippen LogP) is 3.64. The van der Waals surface area contributed by atoms with Crippen molar-refractivity contribution in [2.24, 2.45) is 11.1 Å². The topological polar surface area (TPSA) is 60.3 Å². The molecule has 7 heteroatoms. The summed E-state index contributed by atoms with van der Waals surface area (Å²) >= 11 is 12.5. The first-order chi connectivity index (χ1) is 11.7. The molecule has 3 rings (SSSR count). The molecule has 1 fully saturated rings. The highest BCUT2D eigenvalue weighted by Crippen LogP contribution is 2.33. The number of aliphatic hydroxyl groups is 1. The zero-order chi connectivity index (χ0) is 16.9. The molecule has 1 saturated heterocycles.